The number of halogens is 1. The third-order valence-electron chi connectivity index (χ3n) is 2.44. The molecule has 0 bridgehead atoms. The minimum atomic E-state index is 0.0125. The van der Waals surface area contributed by atoms with Gasteiger partial charge >= 0.3 is 0 Å². The molecule has 1 aliphatic rings. The van der Waals surface area contributed by atoms with Gasteiger partial charge in [-0.05, 0) is 31.5 Å². The zero-order valence-corrected chi connectivity index (χ0v) is 9.33. The second-order valence-corrected chi connectivity index (χ2v) is 5.19. The minimum Gasteiger partial charge on any atom is -0.307 e. The van der Waals surface area contributed by atoms with Crippen molar-refractivity contribution in [3.05, 3.63) is 21.3 Å². The first-order chi connectivity index (χ1) is 6.77. The molecule has 4 heteroatoms. The standard InChI is InChI=1S/C10H12ClNOS/c11-9-5-4-8(14-9)10(13)7-3-1-2-6-12-7/h4-5,7,12H,1-3,6H2. The maximum absolute atomic E-state index is 11.9. The molecule has 2 nitrogen and oxygen atoms in total. The number of Topliss-reactive ketones (excluding diaryl/α,β-unsaturated/α-hetero) is 1. The summed E-state index contributed by atoms with van der Waals surface area (Å²) < 4.78 is 0.684. The zero-order valence-electron chi connectivity index (χ0n) is 7.75. The molecule has 14 heavy (non-hydrogen) atoms. The molecule has 76 valence electrons. The highest BCUT2D eigenvalue weighted by Crippen LogP contribution is 2.24. The Hall–Kier alpha value is -0.380. The Balaban J connectivity index is 2.07. The Labute approximate surface area is 92.3 Å². The molecular weight excluding hydrogens is 218 g/mol. The van der Waals surface area contributed by atoms with E-state index in [4.69, 9.17) is 11.6 Å². The molecule has 1 aromatic rings. The van der Waals surface area contributed by atoms with Crippen LogP contribution >= 0.6 is 22.9 Å². The normalized spacial score (nSPS) is 22.2. The monoisotopic (exact) mass is 229 g/mol. The van der Waals surface area contributed by atoms with Gasteiger partial charge in [-0.3, -0.25) is 4.79 Å². The fourth-order valence-electron chi connectivity index (χ4n) is 1.69. The molecule has 1 aliphatic heterocycles. The molecule has 1 atom stereocenters. The molecule has 1 fully saturated rings. The van der Waals surface area contributed by atoms with Crippen molar-refractivity contribution in [2.75, 3.05) is 6.54 Å². The Morgan fingerprint density at radius 1 is 1.50 bits per heavy atom. The van der Waals surface area contributed by atoms with Crippen molar-refractivity contribution in [1.29, 1.82) is 0 Å². The predicted molar refractivity (Wildman–Crippen MR) is 59.3 cm³/mol. The molecule has 2 rings (SSSR count). The van der Waals surface area contributed by atoms with Crippen LogP contribution in [-0.4, -0.2) is 18.4 Å². The van der Waals surface area contributed by atoms with Gasteiger partial charge in [-0.1, -0.05) is 18.0 Å². The number of piperidine rings is 1. The van der Waals surface area contributed by atoms with E-state index < -0.39 is 0 Å². The summed E-state index contributed by atoms with van der Waals surface area (Å²) in [6.45, 7) is 0.954. The highest BCUT2D eigenvalue weighted by Gasteiger charge is 2.22. The van der Waals surface area contributed by atoms with Gasteiger partial charge in [0.15, 0.2) is 5.78 Å². The molecule has 1 unspecified atom stereocenters. The number of ketones is 1. The summed E-state index contributed by atoms with van der Waals surface area (Å²) in [6, 6.07) is 3.60. The molecule has 0 aromatic carbocycles. The van der Waals surface area contributed by atoms with Gasteiger partial charge in [0.1, 0.15) is 0 Å². The number of rotatable bonds is 2. The molecule has 0 aliphatic carbocycles. The molecule has 1 saturated heterocycles. The van der Waals surface area contributed by atoms with Crippen molar-refractivity contribution in [1.82, 2.24) is 5.32 Å². The predicted octanol–water partition coefficient (Wildman–Crippen LogP) is 2.73. The highest BCUT2D eigenvalue weighted by molar-refractivity contribution is 7.18. The van der Waals surface area contributed by atoms with Gasteiger partial charge in [0.2, 0.25) is 0 Å². The van der Waals surface area contributed by atoms with Crippen molar-refractivity contribution < 1.29 is 4.79 Å². The van der Waals surface area contributed by atoms with Gasteiger partial charge in [0, 0.05) is 0 Å². The Bertz CT molecular complexity index is 331. The van der Waals surface area contributed by atoms with E-state index in [1.54, 1.807) is 6.07 Å². The average Bonchev–Trinajstić information content (AvgIpc) is 2.65. The number of thiophene rings is 1. The van der Waals surface area contributed by atoms with E-state index in [1.165, 1.54) is 17.8 Å². The number of carbonyl (C=O) groups is 1. The van der Waals surface area contributed by atoms with E-state index in [9.17, 15) is 4.79 Å². The van der Waals surface area contributed by atoms with Crippen molar-refractivity contribution in [3.63, 3.8) is 0 Å². The van der Waals surface area contributed by atoms with E-state index in [-0.39, 0.29) is 11.8 Å². The van der Waals surface area contributed by atoms with Gasteiger partial charge in [-0.25, -0.2) is 0 Å². The van der Waals surface area contributed by atoms with Crippen LogP contribution in [0.5, 0.6) is 0 Å². The Morgan fingerprint density at radius 2 is 2.36 bits per heavy atom. The number of nitrogens with one attached hydrogen (secondary N) is 1. The van der Waals surface area contributed by atoms with Gasteiger partial charge in [-0.15, -0.1) is 11.3 Å². The fraction of sp³-hybridized carbons (Fsp3) is 0.500. The van der Waals surface area contributed by atoms with E-state index in [0.717, 1.165) is 24.3 Å². The van der Waals surface area contributed by atoms with Crippen LogP contribution in [0, 0.1) is 0 Å². The van der Waals surface area contributed by atoms with E-state index >= 15 is 0 Å². The molecular formula is C10H12ClNOS. The summed E-state index contributed by atoms with van der Waals surface area (Å²) in [5.74, 6) is 0.196. The first kappa shape index (κ1) is 10.1. The van der Waals surface area contributed by atoms with Crippen molar-refractivity contribution in [3.8, 4) is 0 Å². The summed E-state index contributed by atoms with van der Waals surface area (Å²) in [4.78, 5) is 12.7. The van der Waals surface area contributed by atoms with Crippen LogP contribution in [0.15, 0.2) is 12.1 Å². The SMILES string of the molecule is O=C(c1ccc(Cl)s1)C1CCCCN1. The largest absolute Gasteiger partial charge is 0.307 e. The molecule has 0 spiro atoms. The van der Waals surface area contributed by atoms with Crippen LogP contribution in [-0.2, 0) is 0 Å². The second kappa shape index (κ2) is 4.43. The minimum absolute atomic E-state index is 0.0125. The molecule has 1 N–H and O–H groups in total. The van der Waals surface area contributed by atoms with Gasteiger partial charge < -0.3 is 5.32 Å². The summed E-state index contributed by atoms with van der Waals surface area (Å²) in [5, 5.41) is 3.24. The topological polar surface area (TPSA) is 29.1 Å². The van der Waals surface area contributed by atoms with Crippen LogP contribution in [0.1, 0.15) is 28.9 Å². The van der Waals surface area contributed by atoms with E-state index in [0.29, 0.717) is 4.34 Å². The third-order valence-corrected chi connectivity index (χ3v) is 3.69. The first-order valence-electron chi connectivity index (χ1n) is 4.80. The Morgan fingerprint density at radius 3 is 2.93 bits per heavy atom. The highest BCUT2D eigenvalue weighted by atomic mass is 35.5. The number of hydrogen-bond donors (Lipinski definition) is 1. The smallest absolute Gasteiger partial charge is 0.189 e. The van der Waals surface area contributed by atoms with Crippen LogP contribution in [0.25, 0.3) is 0 Å². The maximum Gasteiger partial charge on any atom is 0.189 e. The molecule has 0 amide bonds. The zero-order chi connectivity index (χ0) is 9.97. The quantitative estimate of drug-likeness (QED) is 0.791. The molecule has 0 radical (unpaired) electrons. The lowest BCUT2D eigenvalue weighted by Crippen LogP contribution is -2.40. The lowest BCUT2D eigenvalue weighted by molar-refractivity contribution is 0.0931. The van der Waals surface area contributed by atoms with E-state index in [1.807, 2.05) is 6.07 Å². The molecule has 1 aromatic heterocycles. The molecule has 0 saturated carbocycles. The maximum atomic E-state index is 11.9. The lowest BCUT2D eigenvalue weighted by Gasteiger charge is -2.21. The third kappa shape index (κ3) is 2.16. The van der Waals surface area contributed by atoms with Crippen molar-refractivity contribution >= 4 is 28.7 Å². The van der Waals surface area contributed by atoms with Crippen LogP contribution in [0.4, 0.5) is 0 Å². The van der Waals surface area contributed by atoms with Gasteiger partial charge in [-0.2, -0.15) is 0 Å². The number of carbonyl (C=O) groups excluding carboxylic acids is 1. The van der Waals surface area contributed by atoms with Crippen molar-refractivity contribution in [2.45, 2.75) is 25.3 Å². The van der Waals surface area contributed by atoms with E-state index in [2.05, 4.69) is 5.32 Å². The summed E-state index contributed by atoms with van der Waals surface area (Å²) >= 11 is 7.15. The first-order valence-corrected chi connectivity index (χ1v) is 6.00. The lowest BCUT2D eigenvalue weighted by atomic mass is 10.0. The summed E-state index contributed by atoms with van der Waals surface area (Å²) in [6.07, 6.45) is 3.27. The van der Waals surface area contributed by atoms with Gasteiger partial charge in [0.25, 0.3) is 0 Å². The summed E-state index contributed by atoms with van der Waals surface area (Å²) in [5.41, 5.74) is 0. The molecule has 2 heterocycles. The van der Waals surface area contributed by atoms with Crippen LogP contribution in [0.2, 0.25) is 4.34 Å². The summed E-state index contributed by atoms with van der Waals surface area (Å²) in [7, 11) is 0. The second-order valence-electron chi connectivity index (χ2n) is 3.47. The fourth-order valence-corrected chi connectivity index (χ4v) is 2.73. The average molecular weight is 230 g/mol. The van der Waals surface area contributed by atoms with Crippen LogP contribution in [0.3, 0.4) is 0 Å². The van der Waals surface area contributed by atoms with Crippen LogP contribution < -0.4 is 5.32 Å². The van der Waals surface area contributed by atoms with Crippen molar-refractivity contribution in [2.24, 2.45) is 0 Å². The van der Waals surface area contributed by atoms with Gasteiger partial charge in [0.05, 0.1) is 15.3 Å². The Kier molecular flexibility index (Phi) is 3.21. The number of hydrogen-bond acceptors (Lipinski definition) is 3.